The summed E-state index contributed by atoms with van der Waals surface area (Å²) in [7, 11) is 4.34. The van der Waals surface area contributed by atoms with Crippen LogP contribution in [0.2, 0.25) is 0 Å². The third kappa shape index (κ3) is 1.66. The van der Waals surface area contributed by atoms with Gasteiger partial charge in [0.25, 0.3) is 0 Å². The first-order chi connectivity index (χ1) is 5.08. The van der Waals surface area contributed by atoms with Crippen LogP contribution in [0.15, 0.2) is 24.8 Å². The zero-order valence-electron chi connectivity index (χ0n) is 7.13. The highest BCUT2D eigenvalue weighted by Crippen LogP contribution is 2.25. The Balaban J connectivity index is 2.58. The molecule has 0 saturated carbocycles. The van der Waals surface area contributed by atoms with E-state index in [1.807, 2.05) is 12.2 Å². The molecule has 11 heavy (non-hydrogen) atoms. The number of hydrogen-bond donors (Lipinski definition) is 0. The molecular formula is C9H15ClN+. The van der Waals surface area contributed by atoms with Crippen molar-refractivity contribution in [3.05, 3.63) is 24.8 Å². The van der Waals surface area contributed by atoms with Gasteiger partial charge in [0.15, 0.2) is 0 Å². The van der Waals surface area contributed by atoms with Crippen molar-refractivity contribution in [3.63, 3.8) is 0 Å². The molecule has 0 amide bonds. The van der Waals surface area contributed by atoms with Crippen LogP contribution in [-0.2, 0) is 0 Å². The molecule has 2 unspecified atom stereocenters. The van der Waals surface area contributed by atoms with Crippen LogP contribution in [0.3, 0.4) is 0 Å². The normalized spacial score (nSPS) is 29.7. The van der Waals surface area contributed by atoms with Gasteiger partial charge in [-0.3, -0.25) is 0 Å². The van der Waals surface area contributed by atoms with E-state index in [1.54, 1.807) is 0 Å². The Bertz CT molecular complexity index is 184. The van der Waals surface area contributed by atoms with Crippen molar-refractivity contribution in [2.24, 2.45) is 0 Å². The Labute approximate surface area is 73.5 Å². The van der Waals surface area contributed by atoms with Crippen molar-refractivity contribution in [1.82, 2.24) is 0 Å². The Kier molecular flexibility index (Phi) is 2.40. The number of alkyl halides is 1. The fourth-order valence-electron chi connectivity index (χ4n) is 1.37. The maximum Gasteiger partial charge on any atom is 0.128 e. The van der Waals surface area contributed by atoms with Crippen LogP contribution < -0.4 is 0 Å². The first-order valence-corrected chi connectivity index (χ1v) is 4.27. The second-order valence-corrected chi connectivity index (χ2v) is 4.07. The predicted molar refractivity (Wildman–Crippen MR) is 49.7 cm³/mol. The van der Waals surface area contributed by atoms with Crippen LogP contribution in [0.4, 0.5) is 0 Å². The van der Waals surface area contributed by atoms with E-state index in [0.717, 1.165) is 11.0 Å². The smallest absolute Gasteiger partial charge is 0.128 e. The number of likely N-dealkylation sites (N-methyl/N-ethyl adjacent to an activating group) is 1. The van der Waals surface area contributed by atoms with E-state index >= 15 is 0 Å². The van der Waals surface area contributed by atoms with Gasteiger partial charge < -0.3 is 4.48 Å². The number of hydrogen-bond acceptors (Lipinski definition) is 0. The monoisotopic (exact) mass is 172 g/mol. The van der Waals surface area contributed by atoms with Gasteiger partial charge in [-0.1, -0.05) is 12.7 Å². The quantitative estimate of drug-likeness (QED) is 0.346. The van der Waals surface area contributed by atoms with Crippen molar-refractivity contribution < 1.29 is 4.48 Å². The summed E-state index contributed by atoms with van der Waals surface area (Å²) in [6.07, 6.45) is 6.15. The molecule has 0 saturated heterocycles. The topological polar surface area (TPSA) is 0 Å². The molecule has 1 rings (SSSR count). The number of halogens is 1. The average Bonchev–Trinajstić information content (AvgIpc) is 1.83. The van der Waals surface area contributed by atoms with Crippen molar-refractivity contribution >= 4 is 11.6 Å². The predicted octanol–water partition coefficient (Wildman–Crippen LogP) is 1.79. The molecule has 0 aromatic rings. The van der Waals surface area contributed by atoms with E-state index in [1.165, 1.54) is 0 Å². The van der Waals surface area contributed by atoms with Crippen molar-refractivity contribution in [2.75, 3.05) is 20.6 Å². The van der Waals surface area contributed by atoms with E-state index in [4.69, 9.17) is 11.6 Å². The van der Waals surface area contributed by atoms with Crippen LogP contribution in [-0.4, -0.2) is 36.5 Å². The van der Waals surface area contributed by atoms with Crippen LogP contribution in [0.1, 0.15) is 0 Å². The summed E-state index contributed by atoms with van der Waals surface area (Å²) in [6, 6.07) is 0.467. The number of rotatable bonds is 3. The molecule has 2 atom stereocenters. The van der Waals surface area contributed by atoms with E-state index < -0.39 is 0 Å². The molecular weight excluding hydrogens is 158 g/mol. The molecule has 1 aliphatic rings. The highest BCUT2D eigenvalue weighted by molar-refractivity contribution is 6.23. The van der Waals surface area contributed by atoms with Gasteiger partial charge in [0.2, 0.25) is 0 Å². The lowest BCUT2D eigenvalue weighted by Crippen LogP contribution is -2.54. The summed E-state index contributed by atoms with van der Waals surface area (Å²) in [4.78, 5) is 0. The maximum atomic E-state index is 6.00. The molecule has 0 aromatic carbocycles. The lowest BCUT2D eigenvalue weighted by Gasteiger charge is -2.40. The summed E-state index contributed by atoms with van der Waals surface area (Å²) in [6.45, 7) is 4.70. The van der Waals surface area contributed by atoms with Crippen molar-refractivity contribution in [3.8, 4) is 0 Å². The van der Waals surface area contributed by atoms with Crippen molar-refractivity contribution in [2.45, 2.75) is 11.4 Å². The van der Waals surface area contributed by atoms with E-state index in [9.17, 15) is 0 Å². The van der Waals surface area contributed by atoms with Gasteiger partial charge in [0, 0.05) is 0 Å². The summed E-state index contributed by atoms with van der Waals surface area (Å²) in [5.74, 6) is 0. The molecule has 1 nitrogen and oxygen atoms in total. The summed E-state index contributed by atoms with van der Waals surface area (Å²) < 4.78 is 0.911. The Morgan fingerprint density at radius 3 is 2.45 bits per heavy atom. The molecule has 0 radical (unpaired) electrons. The van der Waals surface area contributed by atoms with Gasteiger partial charge in [-0.25, -0.2) is 0 Å². The zero-order valence-corrected chi connectivity index (χ0v) is 7.88. The lowest BCUT2D eigenvalue weighted by molar-refractivity contribution is -0.903. The minimum Gasteiger partial charge on any atom is -0.318 e. The minimum atomic E-state index is 0.213. The molecule has 62 valence electrons. The Morgan fingerprint density at radius 2 is 2.18 bits per heavy atom. The Hall–Kier alpha value is -0.270. The third-order valence-corrected chi connectivity index (χ3v) is 2.63. The molecule has 0 aliphatic heterocycles. The van der Waals surface area contributed by atoms with Gasteiger partial charge in [0.1, 0.15) is 11.4 Å². The molecule has 0 fully saturated rings. The van der Waals surface area contributed by atoms with Gasteiger partial charge in [0.05, 0.1) is 20.6 Å². The first kappa shape index (κ1) is 8.82. The summed E-state index contributed by atoms with van der Waals surface area (Å²) in [5.41, 5.74) is 0. The molecule has 0 bridgehead atoms. The summed E-state index contributed by atoms with van der Waals surface area (Å²) in [5, 5.41) is 0.213. The SMILES string of the molecule is C=CC[N+](C)(C)C1C=CC1Cl. The minimum absolute atomic E-state index is 0.213. The average molecular weight is 173 g/mol. The van der Waals surface area contributed by atoms with Crippen LogP contribution in [0.5, 0.6) is 0 Å². The van der Waals surface area contributed by atoms with Gasteiger partial charge in [-0.15, -0.1) is 11.6 Å². The van der Waals surface area contributed by atoms with E-state index in [0.29, 0.717) is 6.04 Å². The standard InChI is InChI=1S/C9H15ClN/c1-4-7-11(2,3)9-6-5-8(9)10/h4-6,8-9H,1,7H2,2-3H3/q+1. The van der Waals surface area contributed by atoms with Crippen molar-refractivity contribution in [1.29, 1.82) is 0 Å². The number of quaternary nitrogens is 1. The van der Waals surface area contributed by atoms with Crippen LogP contribution >= 0.6 is 11.6 Å². The highest BCUT2D eigenvalue weighted by Gasteiger charge is 2.35. The maximum absolute atomic E-state index is 6.00. The van der Waals surface area contributed by atoms with E-state index in [2.05, 4.69) is 26.8 Å². The van der Waals surface area contributed by atoms with Crippen LogP contribution in [0, 0.1) is 0 Å². The third-order valence-electron chi connectivity index (χ3n) is 2.23. The molecule has 2 heteroatoms. The number of nitrogens with zero attached hydrogens (tertiary/aromatic N) is 1. The molecule has 1 aliphatic carbocycles. The molecule has 0 aromatic heterocycles. The first-order valence-electron chi connectivity index (χ1n) is 3.84. The second kappa shape index (κ2) is 3.00. The largest absolute Gasteiger partial charge is 0.318 e. The second-order valence-electron chi connectivity index (χ2n) is 3.57. The van der Waals surface area contributed by atoms with Crippen LogP contribution in [0.25, 0.3) is 0 Å². The zero-order chi connectivity index (χ0) is 8.48. The van der Waals surface area contributed by atoms with Gasteiger partial charge in [-0.2, -0.15) is 0 Å². The van der Waals surface area contributed by atoms with Gasteiger partial charge >= 0.3 is 0 Å². The molecule has 0 heterocycles. The van der Waals surface area contributed by atoms with Gasteiger partial charge in [-0.05, 0) is 12.2 Å². The molecule has 0 spiro atoms. The fraction of sp³-hybridized carbons (Fsp3) is 0.556. The molecule has 0 N–H and O–H groups in total. The summed E-state index contributed by atoms with van der Waals surface area (Å²) >= 11 is 6.00. The Morgan fingerprint density at radius 1 is 1.55 bits per heavy atom. The lowest BCUT2D eigenvalue weighted by atomic mass is 10.00. The fourth-order valence-corrected chi connectivity index (χ4v) is 1.84. The van der Waals surface area contributed by atoms with E-state index in [-0.39, 0.29) is 5.38 Å². The highest BCUT2D eigenvalue weighted by atomic mass is 35.5.